The number of anilines is 1. The summed E-state index contributed by atoms with van der Waals surface area (Å²) >= 11 is 5.92. The van der Waals surface area contributed by atoms with Gasteiger partial charge in [-0.15, -0.1) is 0 Å². The Hall–Kier alpha value is -3.01. The van der Waals surface area contributed by atoms with Crippen LogP contribution in [0.5, 0.6) is 0 Å². The Morgan fingerprint density at radius 1 is 1.30 bits per heavy atom. The lowest BCUT2D eigenvalue weighted by atomic mass is 10.2. The van der Waals surface area contributed by atoms with E-state index in [0.29, 0.717) is 29.1 Å². The van der Waals surface area contributed by atoms with Gasteiger partial charge in [-0.1, -0.05) is 11.6 Å². The minimum atomic E-state index is -4.73. The number of carbonyl (C=O) groups is 2. The first-order valence-corrected chi connectivity index (χ1v) is 9.17. The zero-order chi connectivity index (χ0) is 22.1. The van der Waals surface area contributed by atoms with E-state index in [4.69, 9.17) is 25.2 Å². The molecule has 160 valence electrons. The fraction of sp³-hybridized carbons (Fsp3) is 0.316. The third-order valence-corrected chi connectivity index (χ3v) is 4.73. The lowest BCUT2D eigenvalue weighted by Gasteiger charge is -2.17. The Balaban J connectivity index is 0.00000124. The molecule has 7 nitrogen and oxygen atoms in total. The SMILES string of the molecule is C=O.Cc1cc(C(=O)N2CC[C@@H](Nc3nc4ccc(Cl)cc4o3)C2)c(C(F)(F)F)o1. The van der Waals surface area contributed by atoms with E-state index in [2.05, 4.69) is 10.3 Å². The van der Waals surface area contributed by atoms with Gasteiger partial charge in [-0.25, -0.2) is 0 Å². The first-order chi connectivity index (χ1) is 14.2. The molecule has 4 rings (SSSR count). The maximum absolute atomic E-state index is 13.1. The van der Waals surface area contributed by atoms with Gasteiger partial charge in [0, 0.05) is 30.2 Å². The van der Waals surface area contributed by atoms with E-state index < -0.39 is 23.4 Å². The zero-order valence-corrected chi connectivity index (χ0v) is 16.5. The number of nitrogens with one attached hydrogen (secondary N) is 1. The van der Waals surface area contributed by atoms with E-state index in [1.807, 2.05) is 6.79 Å². The van der Waals surface area contributed by atoms with Gasteiger partial charge < -0.3 is 23.8 Å². The van der Waals surface area contributed by atoms with Gasteiger partial charge >= 0.3 is 6.18 Å². The fourth-order valence-electron chi connectivity index (χ4n) is 3.25. The number of rotatable bonds is 3. The van der Waals surface area contributed by atoms with E-state index in [-0.39, 0.29) is 24.4 Å². The molecule has 11 heteroatoms. The number of hydrogen-bond acceptors (Lipinski definition) is 6. The summed E-state index contributed by atoms with van der Waals surface area (Å²) in [6, 6.07) is 6.24. The Kier molecular flexibility index (Phi) is 6.06. The van der Waals surface area contributed by atoms with Gasteiger partial charge in [0.05, 0.1) is 5.56 Å². The van der Waals surface area contributed by atoms with Gasteiger partial charge in [-0.2, -0.15) is 18.2 Å². The molecule has 3 heterocycles. The second-order valence-electron chi connectivity index (χ2n) is 6.61. The predicted octanol–water partition coefficient (Wildman–Crippen LogP) is 4.54. The lowest BCUT2D eigenvalue weighted by Crippen LogP contribution is -2.32. The number of halogens is 4. The summed E-state index contributed by atoms with van der Waals surface area (Å²) in [5.41, 5.74) is 0.674. The summed E-state index contributed by atoms with van der Waals surface area (Å²) in [5.74, 6) is -1.94. The maximum Gasteiger partial charge on any atom is 0.450 e. The summed E-state index contributed by atoms with van der Waals surface area (Å²) in [6.07, 6.45) is -4.18. The molecule has 1 fully saturated rings. The molecular formula is C19H17ClF3N3O4. The highest BCUT2D eigenvalue weighted by Crippen LogP contribution is 2.35. The number of fused-ring (bicyclic) bond motifs is 1. The molecule has 1 aliphatic rings. The topological polar surface area (TPSA) is 88.6 Å². The van der Waals surface area contributed by atoms with E-state index in [0.717, 1.165) is 6.07 Å². The summed E-state index contributed by atoms with van der Waals surface area (Å²) in [7, 11) is 0. The van der Waals surface area contributed by atoms with Gasteiger partial charge in [0.2, 0.25) is 5.76 Å². The molecule has 3 aromatic rings. The maximum atomic E-state index is 13.1. The number of furan rings is 1. The highest BCUT2D eigenvalue weighted by atomic mass is 35.5. The number of carbonyl (C=O) groups excluding carboxylic acids is 2. The molecule has 30 heavy (non-hydrogen) atoms. The molecule has 0 spiro atoms. The van der Waals surface area contributed by atoms with Crippen LogP contribution < -0.4 is 5.32 Å². The molecule has 1 aliphatic heterocycles. The summed E-state index contributed by atoms with van der Waals surface area (Å²) in [6.45, 7) is 3.91. The second kappa shape index (κ2) is 8.39. The molecule has 1 atom stereocenters. The van der Waals surface area contributed by atoms with Crippen LogP contribution in [0.2, 0.25) is 5.02 Å². The molecule has 0 bridgehead atoms. The zero-order valence-electron chi connectivity index (χ0n) is 15.8. The van der Waals surface area contributed by atoms with Gasteiger partial charge in [0.25, 0.3) is 11.9 Å². The molecule has 0 radical (unpaired) electrons. The number of nitrogens with zero attached hydrogens (tertiary/aromatic N) is 2. The standard InChI is InChI=1S/C18H15ClF3N3O3.CH2O/c1-9-6-12(15(27-9)18(20,21)22)16(26)25-5-4-11(8-25)23-17-24-13-3-2-10(19)7-14(13)28-17;1-2/h2-3,6-7,11H,4-5,8H2,1H3,(H,23,24);1H2/t11-;/m1./s1. The molecule has 1 saturated heterocycles. The van der Waals surface area contributed by atoms with Crippen molar-refractivity contribution in [3.63, 3.8) is 0 Å². The van der Waals surface area contributed by atoms with Crippen LogP contribution >= 0.6 is 11.6 Å². The highest BCUT2D eigenvalue weighted by molar-refractivity contribution is 6.31. The molecule has 1 amide bonds. The Bertz CT molecular complexity index is 1060. The number of alkyl halides is 3. The number of benzene rings is 1. The Morgan fingerprint density at radius 3 is 2.73 bits per heavy atom. The smallest absolute Gasteiger partial charge is 0.450 e. The molecular weight excluding hydrogens is 427 g/mol. The Morgan fingerprint density at radius 2 is 2.03 bits per heavy atom. The van der Waals surface area contributed by atoms with Gasteiger partial charge in [-0.3, -0.25) is 4.79 Å². The van der Waals surface area contributed by atoms with Crippen LogP contribution in [0.3, 0.4) is 0 Å². The number of amides is 1. The van der Waals surface area contributed by atoms with Crippen molar-refractivity contribution in [2.24, 2.45) is 0 Å². The van der Waals surface area contributed by atoms with Gasteiger partial charge in [-0.05, 0) is 31.5 Å². The predicted molar refractivity (Wildman–Crippen MR) is 103 cm³/mol. The number of oxazole rings is 1. The first kappa shape index (κ1) is 21.7. The Labute approximate surface area is 173 Å². The van der Waals surface area contributed by atoms with Crippen LogP contribution in [0.4, 0.5) is 19.2 Å². The molecule has 0 saturated carbocycles. The van der Waals surface area contributed by atoms with Crippen molar-refractivity contribution in [2.45, 2.75) is 25.6 Å². The minimum Gasteiger partial charge on any atom is -0.456 e. The van der Waals surface area contributed by atoms with E-state index in [9.17, 15) is 18.0 Å². The number of likely N-dealkylation sites (tertiary alicyclic amines) is 1. The first-order valence-electron chi connectivity index (χ1n) is 8.79. The van der Waals surface area contributed by atoms with Crippen molar-refractivity contribution in [3.05, 3.63) is 46.4 Å². The fourth-order valence-corrected chi connectivity index (χ4v) is 3.41. The van der Waals surface area contributed by atoms with Gasteiger partial charge in [0.1, 0.15) is 18.1 Å². The second-order valence-corrected chi connectivity index (χ2v) is 7.05. The number of hydrogen-bond donors (Lipinski definition) is 1. The third-order valence-electron chi connectivity index (χ3n) is 4.50. The molecule has 0 aliphatic carbocycles. The largest absolute Gasteiger partial charge is 0.456 e. The molecule has 1 aromatic carbocycles. The molecule has 2 aromatic heterocycles. The van der Waals surface area contributed by atoms with Crippen LogP contribution in [-0.2, 0) is 11.0 Å². The summed E-state index contributed by atoms with van der Waals surface area (Å²) in [5, 5.41) is 3.59. The quantitative estimate of drug-likeness (QED) is 0.639. The van der Waals surface area contributed by atoms with Crippen molar-refractivity contribution in [1.82, 2.24) is 9.88 Å². The normalized spacial score (nSPS) is 16.4. The number of aryl methyl sites for hydroxylation is 1. The van der Waals surface area contributed by atoms with Crippen LogP contribution in [0, 0.1) is 6.92 Å². The van der Waals surface area contributed by atoms with Crippen molar-refractivity contribution in [1.29, 1.82) is 0 Å². The van der Waals surface area contributed by atoms with Crippen LogP contribution in [-0.4, -0.2) is 41.7 Å². The third kappa shape index (κ3) is 4.43. The average Bonchev–Trinajstić information content (AvgIpc) is 3.40. The van der Waals surface area contributed by atoms with Crippen molar-refractivity contribution in [2.75, 3.05) is 18.4 Å². The lowest BCUT2D eigenvalue weighted by molar-refractivity contribution is -0.153. The summed E-state index contributed by atoms with van der Waals surface area (Å²) in [4.78, 5) is 26.2. The minimum absolute atomic E-state index is 0.0367. The number of aromatic nitrogens is 1. The van der Waals surface area contributed by atoms with Crippen LogP contribution in [0.25, 0.3) is 11.1 Å². The average molecular weight is 444 g/mol. The van der Waals surface area contributed by atoms with Crippen molar-refractivity contribution < 1.29 is 31.6 Å². The van der Waals surface area contributed by atoms with E-state index in [1.54, 1.807) is 18.2 Å². The summed E-state index contributed by atoms with van der Waals surface area (Å²) < 4.78 is 49.6. The van der Waals surface area contributed by atoms with E-state index in [1.165, 1.54) is 11.8 Å². The molecule has 0 unspecified atom stereocenters. The van der Waals surface area contributed by atoms with Crippen molar-refractivity contribution in [3.8, 4) is 0 Å². The van der Waals surface area contributed by atoms with Crippen LogP contribution in [0.15, 0.2) is 33.1 Å². The monoisotopic (exact) mass is 443 g/mol. The molecule has 1 N–H and O–H groups in total. The van der Waals surface area contributed by atoms with E-state index >= 15 is 0 Å². The van der Waals surface area contributed by atoms with Gasteiger partial charge in [0.15, 0.2) is 5.58 Å². The highest BCUT2D eigenvalue weighted by Gasteiger charge is 2.41. The van der Waals surface area contributed by atoms with Crippen molar-refractivity contribution >= 4 is 41.4 Å². The van der Waals surface area contributed by atoms with Crippen LogP contribution in [0.1, 0.15) is 28.3 Å².